The predicted molar refractivity (Wildman–Crippen MR) is 55.0 cm³/mol. The first-order chi connectivity index (χ1) is 7.15. The molecule has 0 amide bonds. The highest BCUT2D eigenvalue weighted by Crippen LogP contribution is 2.34. The molecule has 1 aliphatic rings. The summed E-state index contributed by atoms with van der Waals surface area (Å²) < 4.78 is 23.4. The van der Waals surface area contributed by atoms with Crippen LogP contribution in [0.5, 0.6) is 0 Å². The third-order valence-corrected chi connectivity index (χ3v) is 4.28. The monoisotopic (exact) mass is 223 g/mol. The number of rotatable bonds is 1. The van der Waals surface area contributed by atoms with Gasteiger partial charge in [0.25, 0.3) is 0 Å². The fraction of sp³-hybridized carbons (Fsp3) is 0.333. The van der Waals surface area contributed by atoms with E-state index in [4.69, 9.17) is 5.53 Å². The molecule has 2 rings (SSSR count). The normalized spacial score (nSPS) is 22.5. The van der Waals surface area contributed by atoms with Crippen molar-refractivity contribution in [3.8, 4) is 0 Å². The molecule has 0 aliphatic carbocycles. The summed E-state index contributed by atoms with van der Waals surface area (Å²) in [5.74, 6) is 0.0493. The first kappa shape index (κ1) is 10.0. The van der Waals surface area contributed by atoms with Gasteiger partial charge in [0.2, 0.25) is 0 Å². The number of azide groups is 1. The first-order valence-electron chi connectivity index (χ1n) is 4.51. The van der Waals surface area contributed by atoms with E-state index in [2.05, 4.69) is 10.0 Å². The van der Waals surface area contributed by atoms with Crippen LogP contribution in [0.1, 0.15) is 18.0 Å². The Morgan fingerprint density at radius 2 is 2.13 bits per heavy atom. The summed E-state index contributed by atoms with van der Waals surface area (Å²) in [4.78, 5) is 3.04. The minimum atomic E-state index is -3.18. The summed E-state index contributed by atoms with van der Waals surface area (Å²) in [7, 11) is -3.18. The average Bonchev–Trinajstić information content (AvgIpc) is 2.23. The maximum absolute atomic E-state index is 11.7. The second kappa shape index (κ2) is 3.56. The Morgan fingerprint density at radius 3 is 2.87 bits per heavy atom. The second-order valence-corrected chi connectivity index (χ2v) is 5.44. The lowest BCUT2D eigenvalue weighted by molar-refractivity contribution is 0.568. The predicted octanol–water partition coefficient (Wildman–Crippen LogP) is 2.22. The van der Waals surface area contributed by atoms with Gasteiger partial charge in [-0.1, -0.05) is 23.3 Å². The quantitative estimate of drug-likeness (QED) is 0.415. The van der Waals surface area contributed by atoms with Gasteiger partial charge in [0.15, 0.2) is 9.84 Å². The van der Waals surface area contributed by atoms with E-state index in [0.29, 0.717) is 16.9 Å². The smallest absolute Gasteiger partial charge is 0.178 e. The van der Waals surface area contributed by atoms with Crippen molar-refractivity contribution in [1.82, 2.24) is 0 Å². The largest absolute Gasteiger partial charge is 0.224 e. The van der Waals surface area contributed by atoms with E-state index in [1.54, 1.807) is 24.3 Å². The Kier molecular flexibility index (Phi) is 2.38. The van der Waals surface area contributed by atoms with Crippen LogP contribution in [-0.2, 0) is 9.84 Å². The van der Waals surface area contributed by atoms with Crippen LogP contribution in [0.4, 0.5) is 0 Å². The Balaban J connectivity index is 2.63. The van der Waals surface area contributed by atoms with E-state index in [9.17, 15) is 8.42 Å². The van der Waals surface area contributed by atoms with Gasteiger partial charge in [-0.15, -0.1) is 0 Å². The van der Waals surface area contributed by atoms with Crippen LogP contribution >= 0.6 is 0 Å². The van der Waals surface area contributed by atoms with E-state index in [1.165, 1.54) is 0 Å². The molecule has 1 heterocycles. The van der Waals surface area contributed by atoms with Crippen molar-refractivity contribution in [2.75, 3.05) is 5.75 Å². The van der Waals surface area contributed by atoms with Crippen LogP contribution in [-0.4, -0.2) is 14.2 Å². The molecule has 0 bridgehead atoms. The molecule has 0 fully saturated rings. The Labute approximate surface area is 87.3 Å². The zero-order chi connectivity index (χ0) is 10.9. The standard InChI is InChI=1S/C9H9N3O2S/c10-12-11-8-5-6-15(13,14)9-4-2-1-3-7(8)9/h1-4,8H,5-6H2/t8-/m0/s1. The van der Waals surface area contributed by atoms with E-state index < -0.39 is 9.84 Å². The molecule has 0 unspecified atom stereocenters. The SMILES string of the molecule is [N-]=[N+]=N[C@H]1CCS(=O)(=O)c2ccccc21. The van der Waals surface area contributed by atoms with E-state index in [-0.39, 0.29) is 11.8 Å². The molecule has 0 saturated carbocycles. The van der Waals surface area contributed by atoms with Crippen LogP contribution in [0, 0.1) is 0 Å². The molecule has 15 heavy (non-hydrogen) atoms. The van der Waals surface area contributed by atoms with E-state index >= 15 is 0 Å². The van der Waals surface area contributed by atoms with Gasteiger partial charge >= 0.3 is 0 Å². The van der Waals surface area contributed by atoms with Gasteiger partial charge in [0.05, 0.1) is 16.7 Å². The summed E-state index contributed by atoms with van der Waals surface area (Å²) in [6.45, 7) is 0. The lowest BCUT2D eigenvalue weighted by Gasteiger charge is -2.21. The van der Waals surface area contributed by atoms with Crippen LogP contribution in [0.3, 0.4) is 0 Å². The van der Waals surface area contributed by atoms with Crippen LogP contribution < -0.4 is 0 Å². The number of fused-ring (bicyclic) bond motifs is 1. The fourth-order valence-corrected chi connectivity index (χ4v) is 3.36. The van der Waals surface area contributed by atoms with Gasteiger partial charge in [-0.2, -0.15) is 0 Å². The average molecular weight is 223 g/mol. The summed E-state index contributed by atoms with van der Waals surface area (Å²) >= 11 is 0. The molecule has 0 radical (unpaired) electrons. The molecule has 1 aromatic carbocycles. The molecular formula is C9H9N3O2S. The lowest BCUT2D eigenvalue weighted by atomic mass is 10.1. The van der Waals surface area contributed by atoms with Crippen molar-refractivity contribution in [3.05, 3.63) is 40.3 Å². The van der Waals surface area contributed by atoms with Crippen molar-refractivity contribution >= 4 is 9.84 Å². The third-order valence-electron chi connectivity index (χ3n) is 2.46. The number of sulfone groups is 1. The Bertz CT molecular complexity index is 532. The molecule has 6 heteroatoms. The highest BCUT2D eigenvalue weighted by Gasteiger charge is 2.28. The number of benzene rings is 1. The van der Waals surface area contributed by atoms with Gasteiger partial charge in [-0.3, -0.25) is 0 Å². The number of nitrogens with zero attached hydrogens (tertiary/aromatic N) is 3. The lowest BCUT2D eigenvalue weighted by Crippen LogP contribution is -2.18. The topological polar surface area (TPSA) is 82.9 Å². The highest BCUT2D eigenvalue weighted by molar-refractivity contribution is 7.91. The number of hydrogen-bond acceptors (Lipinski definition) is 3. The van der Waals surface area contributed by atoms with Gasteiger partial charge in [0.1, 0.15) is 0 Å². The molecule has 1 aromatic rings. The first-order valence-corrected chi connectivity index (χ1v) is 6.16. The van der Waals surface area contributed by atoms with Gasteiger partial charge < -0.3 is 0 Å². The minimum absolute atomic E-state index is 0.0493. The van der Waals surface area contributed by atoms with E-state index in [0.717, 1.165) is 0 Å². The fourth-order valence-electron chi connectivity index (χ4n) is 1.75. The van der Waals surface area contributed by atoms with Crippen LogP contribution in [0.25, 0.3) is 10.4 Å². The minimum Gasteiger partial charge on any atom is -0.224 e. The molecule has 78 valence electrons. The molecule has 0 aromatic heterocycles. The highest BCUT2D eigenvalue weighted by atomic mass is 32.2. The summed E-state index contributed by atoms with van der Waals surface area (Å²) in [5.41, 5.74) is 9.00. The van der Waals surface area contributed by atoms with Gasteiger partial charge in [-0.25, -0.2) is 8.42 Å². The maximum Gasteiger partial charge on any atom is 0.178 e. The molecule has 1 atom stereocenters. The summed E-state index contributed by atoms with van der Waals surface area (Å²) in [6.07, 6.45) is 0.364. The molecule has 0 N–H and O–H groups in total. The zero-order valence-corrected chi connectivity index (χ0v) is 8.68. The van der Waals surface area contributed by atoms with Gasteiger partial charge in [-0.05, 0) is 23.6 Å². The number of hydrogen-bond donors (Lipinski definition) is 0. The molecule has 1 aliphatic heterocycles. The van der Waals surface area contributed by atoms with E-state index in [1.807, 2.05) is 0 Å². The van der Waals surface area contributed by atoms with Crippen molar-refractivity contribution in [2.24, 2.45) is 5.11 Å². The van der Waals surface area contributed by atoms with Crippen LogP contribution in [0.2, 0.25) is 0 Å². The van der Waals surface area contributed by atoms with Crippen molar-refractivity contribution in [3.63, 3.8) is 0 Å². The molecule has 0 saturated heterocycles. The summed E-state index contributed by atoms with van der Waals surface area (Å²) in [6, 6.07) is 6.33. The van der Waals surface area contributed by atoms with Crippen molar-refractivity contribution in [1.29, 1.82) is 0 Å². The Morgan fingerprint density at radius 1 is 1.40 bits per heavy atom. The Hall–Kier alpha value is -1.52. The van der Waals surface area contributed by atoms with Gasteiger partial charge in [0, 0.05) is 4.91 Å². The second-order valence-electron chi connectivity index (χ2n) is 3.37. The molecule has 0 spiro atoms. The maximum atomic E-state index is 11.7. The zero-order valence-electron chi connectivity index (χ0n) is 7.87. The molecular weight excluding hydrogens is 214 g/mol. The molecule has 5 nitrogen and oxygen atoms in total. The third kappa shape index (κ3) is 1.69. The van der Waals surface area contributed by atoms with Crippen molar-refractivity contribution in [2.45, 2.75) is 17.4 Å². The summed E-state index contributed by atoms with van der Waals surface area (Å²) in [5, 5.41) is 3.61. The van der Waals surface area contributed by atoms with Crippen molar-refractivity contribution < 1.29 is 8.42 Å². The van der Waals surface area contributed by atoms with Crippen LogP contribution in [0.15, 0.2) is 34.3 Å².